The van der Waals surface area contributed by atoms with E-state index in [0.29, 0.717) is 6.04 Å². The molecular weight excluding hydrogens is 390 g/mol. The molecule has 5 rings (SSSR count). The van der Waals surface area contributed by atoms with Crippen LogP contribution in [0.2, 0.25) is 0 Å². The summed E-state index contributed by atoms with van der Waals surface area (Å²) in [5.41, 5.74) is 3.34. The van der Waals surface area contributed by atoms with Crippen molar-refractivity contribution >= 4 is 23.5 Å². The average Bonchev–Trinajstić information content (AvgIpc) is 3.44. The Kier molecular flexibility index (Phi) is 4.61. The molecule has 1 aliphatic rings. The third-order valence-electron chi connectivity index (χ3n) is 4.67. The van der Waals surface area contributed by atoms with Crippen molar-refractivity contribution in [2.75, 3.05) is 11.5 Å². The molecule has 0 fully saturated rings. The van der Waals surface area contributed by atoms with Gasteiger partial charge in [0.05, 0.1) is 11.7 Å². The van der Waals surface area contributed by atoms with Gasteiger partial charge in [-0.2, -0.15) is 0 Å². The van der Waals surface area contributed by atoms with E-state index >= 15 is 0 Å². The van der Waals surface area contributed by atoms with E-state index in [1.54, 1.807) is 42.2 Å². The summed E-state index contributed by atoms with van der Waals surface area (Å²) in [7, 11) is 0. The van der Waals surface area contributed by atoms with Gasteiger partial charge in [0.15, 0.2) is 16.1 Å². The predicted molar refractivity (Wildman–Crippen MR) is 110 cm³/mol. The fourth-order valence-electron chi connectivity index (χ4n) is 3.26. The Morgan fingerprint density at radius 2 is 1.96 bits per heavy atom. The molecule has 0 amide bonds. The molecule has 0 radical (unpaired) electrons. The van der Waals surface area contributed by atoms with Crippen LogP contribution in [0.25, 0.3) is 17.1 Å². The second-order valence-electron chi connectivity index (χ2n) is 6.46. The molecule has 0 unspecified atom stereocenters. The number of hydrogen-bond donors (Lipinski definition) is 0. The Morgan fingerprint density at radius 3 is 2.82 bits per heavy atom. The molecular formula is C19H17N7S2. The zero-order chi connectivity index (χ0) is 18.9. The number of fused-ring (bicyclic) bond motifs is 1. The number of aromatic nitrogens is 7. The highest BCUT2D eigenvalue weighted by molar-refractivity contribution is 8.00. The summed E-state index contributed by atoms with van der Waals surface area (Å²) < 4.78 is 4.29. The molecule has 0 spiro atoms. The van der Waals surface area contributed by atoms with E-state index in [1.807, 2.05) is 24.3 Å². The van der Waals surface area contributed by atoms with Crippen LogP contribution in [-0.2, 0) is 0 Å². The number of aryl methyl sites for hydroxylation is 1. The van der Waals surface area contributed by atoms with Gasteiger partial charge in [0, 0.05) is 29.5 Å². The molecule has 140 valence electrons. The minimum atomic E-state index is 0.296. The normalized spacial score (nSPS) is 15.7. The van der Waals surface area contributed by atoms with Gasteiger partial charge >= 0.3 is 0 Å². The summed E-state index contributed by atoms with van der Waals surface area (Å²) in [5.74, 6) is 2.75. The van der Waals surface area contributed by atoms with E-state index in [1.165, 1.54) is 5.56 Å². The molecule has 1 aliphatic heterocycles. The molecule has 3 aromatic heterocycles. The van der Waals surface area contributed by atoms with Gasteiger partial charge in [-0.3, -0.25) is 14.1 Å². The maximum atomic E-state index is 4.40. The van der Waals surface area contributed by atoms with E-state index < -0.39 is 0 Å². The van der Waals surface area contributed by atoms with E-state index in [-0.39, 0.29) is 0 Å². The highest BCUT2D eigenvalue weighted by Crippen LogP contribution is 2.38. The Labute approximate surface area is 170 Å². The zero-order valence-corrected chi connectivity index (χ0v) is 16.8. The molecule has 4 aromatic rings. The monoisotopic (exact) mass is 407 g/mol. The van der Waals surface area contributed by atoms with Crippen LogP contribution < -0.4 is 0 Å². The van der Waals surface area contributed by atoms with Crippen LogP contribution in [0, 0.1) is 6.92 Å². The van der Waals surface area contributed by atoms with E-state index in [2.05, 4.69) is 53.6 Å². The molecule has 1 aromatic carbocycles. The van der Waals surface area contributed by atoms with Gasteiger partial charge in [-0.1, -0.05) is 41.7 Å². The van der Waals surface area contributed by atoms with Crippen LogP contribution >= 0.6 is 23.5 Å². The minimum absolute atomic E-state index is 0.296. The Hall–Kier alpha value is -2.65. The third kappa shape index (κ3) is 3.10. The lowest BCUT2D eigenvalue weighted by Crippen LogP contribution is -2.11. The van der Waals surface area contributed by atoms with Gasteiger partial charge in [0.2, 0.25) is 0 Å². The van der Waals surface area contributed by atoms with Crippen LogP contribution in [0.3, 0.4) is 0 Å². The number of nitrogens with zero attached hydrogens (tertiary/aromatic N) is 7. The van der Waals surface area contributed by atoms with Crippen molar-refractivity contribution in [3.63, 3.8) is 0 Å². The molecule has 0 saturated carbocycles. The third-order valence-corrected chi connectivity index (χ3v) is 6.85. The lowest BCUT2D eigenvalue weighted by atomic mass is 10.2. The van der Waals surface area contributed by atoms with E-state index in [4.69, 9.17) is 0 Å². The SMILES string of the molecule is Cc1ccccc1-n1cnnc1SC[C@@H]1CSc2nnc(-c3ccncc3)n21. The molecule has 0 bridgehead atoms. The van der Waals surface area contributed by atoms with Crippen molar-refractivity contribution in [3.05, 3.63) is 60.7 Å². The minimum Gasteiger partial charge on any atom is -0.297 e. The summed E-state index contributed by atoms with van der Waals surface area (Å²) >= 11 is 3.46. The highest BCUT2D eigenvalue weighted by atomic mass is 32.2. The fraction of sp³-hybridized carbons (Fsp3) is 0.211. The maximum absolute atomic E-state index is 4.40. The summed E-state index contributed by atoms with van der Waals surface area (Å²) in [4.78, 5) is 4.10. The van der Waals surface area contributed by atoms with Gasteiger partial charge in [-0.25, -0.2) is 0 Å². The molecule has 4 heterocycles. The van der Waals surface area contributed by atoms with Crippen molar-refractivity contribution in [1.29, 1.82) is 0 Å². The van der Waals surface area contributed by atoms with Gasteiger partial charge in [0.25, 0.3) is 0 Å². The number of hydrogen-bond acceptors (Lipinski definition) is 7. The van der Waals surface area contributed by atoms with E-state index in [9.17, 15) is 0 Å². The smallest absolute Gasteiger partial charge is 0.195 e. The number of benzene rings is 1. The second-order valence-corrected chi connectivity index (χ2v) is 8.43. The molecule has 28 heavy (non-hydrogen) atoms. The van der Waals surface area contributed by atoms with E-state index in [0.717, 1.165) is 38.9 Å². The number of thioether (sulfide) groups is 2. The average molecular weight is 408 g/mol. The number of rotatable bonds is 5. The summed E-state index contributed by atoms with van der Waals surface area (Å²) in [5, 5.41) is 19.1. The Morgan fingerprint density at radius 1 is 1.11 bits per heavy atom. The van der Waals surface area contributed by atoms with Crippen molar-refractivity contribution in [3.8, 4) is 17.1 Å². The number of pyridine rings is 1. The predicted octanol–water partition coefficient (Wildman–Crippen LogP) is 3.67. The van der Waals surface area contributed by atoms with Crippen molar-refractivity contribution in [2.45, 2.75) is 23.3 Å². The summed E-state index contributed by atoms with van der Waals surface area (Å²) in [6, 6.07) is 12.5. The largest absolute Gasteiger partial charge is 0.297 e. The summed E-state index contributed by atoms with van der Waals surface area (Å²) in [6.45, 7) is 2.10. The highest BCUT2D eigenvalue weighted by Gasteiger charge is 2.29. The molecule has 0 saturated heterocycles. The first-order valence-electron chi connectivity index (χ1n) is 8.88. The lowest BCUT2D eigenvalue weighted by Gasteiger charge is -2.14. The van der Waals surface area contributed by atoms with Crippen LogP contribution in [0.1, 0.15) is 11.6 Å². The van der Waals surface area contributed by atoms with Crippen LogP contribution in [0.4, 0.5) is 0 Å². The molecule has 7 nitrogen and oxygen atoms in total. The molecule has 1 atom stereocenters. The van der Waals surface area contributed by atoms with Crippen LogP contribution in [0.5, 0.6) is 0 Å². The molecule has 0 aliphatic carbocycles. The summed E-state index contributed by atoms with van der Waals surface area (Å²) in [6.07, 6.45) is 5.35. The lowest BCUT2D eigenvalue weighted by molar-refractivity contribution is 0.596. The van der Waals surface area contributed by atoms with Crippen molar-refractivity contribution in [1.82, 2.24) is 34.5 Å². The van der Waals surface area contributed by atoms with Crippen LogP contribution in [0.15, 0.2) is 65.4 Å². The van der Waals surface area contributed by atoms with Gasteiger partial charge in [-0.15, -0.1) is 20.4 Å². The standard InChI is InChI=1S/C19H17N7S2/c1-13-4-2-3-5-16(13)25-12-21-23-18(25)27-10-15-11-28-19-24-22-17(26(15)19)14-6-8-20-9-7-14/h2-9,12,15H,10-11H2,1H3/t15-/m1/s1. The zero-order valence-electron chi connectivity index (χ0n) is 15.1. The Bertz CT molecular complexity index is 1110. The van der Waals surface area contributed by atoms with Gasteiger partial charge < -0.3 is 0 Å². The topological polar surface area (TPSA) is 74.3 Å². The van der Waals surface area contributed by atoms with Crippen molar-refractivity contribution < 1.29 is 0 Å². The maximum Gasteiger partial charge on any atom is 0.195 e. The van der Waals surface area contributed by atoms with Crippen LogP contribution in [-0.4, -0.2) is 46.0 Å². The second kappa shape index (κ2) is 7.40. The molecule has 9 heteroatoms. The van der Waals surface area contributed by atoms with Crippen molar-refractivity contribution in [2.24, 2.45) is 0 Å². The first-order chi connectivity index (χ1) is 13.8. The first kappa shape index (κ1) is 17.4. The van der Waals surface area contributed by atoms with Gasteiger partial charge in [0.1, 0.15) is 6.33 Å². The number of para-hydroxylation sites is 1. The quantitative estimate of drug-likeness (QED) is 0.467. The first-order valence-corrected chi connectivity index (χ1v) is 10.9. The Balaban J connectivity index is 1.39. The van der Waals surface area contributed by atoms with Gasteiger partial charge in [-0.05, 0) is 30.7 Å². The fourth-order valence-corrected chi connectivity index (χ4v) is 5.49. The molecule has 0 N–H and O–H groups in total.